The predicted octanol–water partition coefficient (Wildman–Crippen LogP) is 2.63. The molecule has 2 aliphatic heterocycles. The summed E-state index contributed by atoms with van der Waals surface area (Å²) in [4.78, 5) is 9.53. The molecule has 2 aliphatic rings. The van der Waals surface area contributed by atoms with Gasteiger partial charge in [0, 0.05) is 11.0 Å². The lowest BCUT2D eigenvalue weighted by Crippen LogP contribution is -2.33. The molecule has 0 saturated carbocycles. The Morgan fingerprint density at radius 3 is 2.95 bits per heavy atom. The highest BCUT2D eigenvalue weighted by atomic mass is 31.2. The lowest BCUT2D eigenvalue weighted by Gasteiger charge is -2.39. The average Bonchev–Trinajstić information content (AvgIpc) is 2.81. The molecular weight excluding hydrogens is 271 g/mol. The number of ether oxygens (including phenoxy) is 2. The van der Waals surface area contributed by atoms with Gasteiger partial charge in [-0.05, 0) is 6.07 Å². The molecule has 19 heavy (non-hydrogen) atoms. The van der Waals surface area contributed by atoms with E-state index in [2.05, 4.69) is 0 Å². The van der Waals surface area contributed by atoms with E-state index in [9.17, 15) is 9.46 Å². The van der Waals surface area contributed by atoms with Crippen molar-refractivity contribution in [2.75, 3.05) is 13.4 Å². The number of phosphoric acid groups is 1. The third-order valence-electron chi connectivity index (χ3n) is 3.26. The average molecular weight is 286 g/mol. The molecule has 1 fully saturated rings. The van der Waals surface area contributed by atoms with E-state index >= 15 is 0 Å². The molecule has 1 aromatic rings. The summed E-state index contributed by atoms with van der Waals surface area (Å²) in [7, 11) is -4.01. The maximum atomic E-state index is 11.6. The fraction of sp³-hybridized carbons (Fsp3) is 0.500. The summed E-state index contributed by atoms with van der Waals surface area (Å²) < 4.78 is 32.5. The van der Waals surface area contributed by atoms with Gasteiger partial charge in [0.25, 0.3) is 0 Å². The molecule has 1 N–H and O–H groups in total. The Morgan fingerprint density at radius 1 is 1.37 bits per heavy atom. The van der Waals surface area contributed by atoms with Crippen molar-refractivity contribution < 1.29 is 28.0 Å². The number of para-hydroxylation sites is 1. The number of hydrogen-bond donors (Lipinski definition) is 1. The van der Waals surface area contributed by atoms with Crippen molar-refractivity contribution in [3.8, 4) is 11.5 Å². The third-order valence-corrected chi connectivity index (χ3v) is 4.19. The summed E-state index contributed by atoms with van der Waals surface area (Å²) in [6.45, 7) is 4.10. The topological polar surface area (TPSA) is 74.2 Å². The maximum absolute atomic E-state index is 11.6. The van der Waals surface area contributed by atoms with Crippen molar-refractivity contribution >= 4 is 7.82 Å². The minimum Gasteiger partial charge on any atom is -0.454 e. The lowest BCUT2D eigenvalue weighted by atomic mass is 9.83. The Bertz CT molecular complexity index is 555. The second-order valence-electron chi connectivity index (χ2n) is 5.30. The molecule has 1 unspecified atom stereocenters. The van der Waals surface area contributed by atoms with Crippen LogP contribution in [0.1, 0.15) is 25.5 Å². The largest absolute Gasteiger partial charge is 0.472 e. The van der Waals surface area contributed by atoms with Crippen LogP contribution in [0, 0.1) is 5.41 Å². The Hall–Kier alpha value is -1.07. The molecule has 7 heteroatoms. The molecule has 2 heterocycles. The summed E-state index contributed by atoms with van der Waals surface area (Å²) in [5.74, 6) is 1.19. The van der Waals surface area contributed by atoms with Crippen molar-refractivity contribution in [3.63, 3.8) is 0 Å². The van der Waals surface area contributed by atoms with Crippen LogP contribution in [0.3, 0.4) is 0 Å². The van der Waals surface area contributed by atoms with Gasteiger partial charge in [-0.2, -0.15) is 0 Å². The van der Waals surface area contributed by atoms with Crippen LogP contribution >= 0.6 is 7.82 Å². The fourth-order valence-electron chi connectivity index (χ4n) is 2.27. The summed E-state index contributed by atoms with van der Waals surface area (Å²) in [5.41, 5.74) is 0.259. The van der Waals surface area contributed by atoms with E-state index in [1.165, 1.54) is 0 Å². The molecule has 0 radical (unpaired) electrons. The van der Waals surface area contributed by atoms with E-state index in [4.69, 9.17) is 18.5 Å². The lowest BCUT2D eigenvalue weighted by molar-refractivity contribution is -0.0481. The summed E-state index contributed by atoms with van der Waals surface area (Å²) in [6.07, 6.45) is -0.589. The standard InChI is InChI=1S/C12H15O6P/c1-12(2)6-17-19(13,14)18-11(12)8-4-3-5-9-10(8)16-7-15-9/h3-5,11H,6-7H2,1-2H3,(H,13,14)/t11-/m0/s1. The van der Waals surface area contributed by atoms with Gasteiger partial charge in [-0.3, -0.25) is 9.05 Å². The van der Waals surface area contributed by atoms with Gasteiger partial charge in [-0.1, -0.05) is 26.0 Å². The van der Waals surface area contributed by atoms with Gasteiger partial charge < -0.3 is 14.4 Å². The van der Waals surface area contributed by atoms with Gasteiger partial charge in [0.1, 0.15) is 6.10 Å². The van der Waals surface area contributed by atoms with Crippen molar-refractivity contribution in [2.24, 2.45) is 5.41 Å². The normalized spacial score (nSPS) is 32.3. The molecular formula is C12H15O6P. The predicted molar refractivity (Wildman–Crippen MR) is 65.9 cm³/mol. The van der Waals surface area contributed by atoms with Crippen LogP contribution < -0.4 is 9.47 Å². The molecule has 2 atom stereocenters. The minimum atomic E-state index is -4.01. The first-order chi connectivity index (χ1) is 8.89. The summed E-state index contributed by atoms with van der Waals surface area (Å²) in [5, 5.41) is 0. The quantitative estimate of drug-likeness (QED) is 0.800. The van der Waals surface area contributed by atoms with E-state index in [1.807, 2.05) is 19.9 Å². The monoisotopic (exact) mass is 286 g/mol. The third kappa shape index (κ3) is 2.25. The van der Waals surface area contributed by atoms with Crippen LogP contribution in [0.15, 0.2) is 18.2 Å². The zero-order valence-electron chi connectivity index (χ0n) is 10.7. The van der Waals surface area contributed by atoms with Crippen LogP contribution in [0.5, 0.6) is 11.5 Å². The molecule has 0 bridgehead atoms. The number of phosphoric ester groups is 1. The van der Waals surface area contributed by atoms with Crippen LogP contribution in [0.25, 0.3) is 0 Å². The summed E-state index contributed by atoms with van der Waals surface area (Å²) >= 11 is 0. The van der Waals surface area contributed by atoms with Crippen LogP contribution in [-0.4, -0.2) is 18.3 Å². The second-order valence-corrected chi connectivity index (χ2v) is 6.70. The molecule has 0 amide bonds. The first-order valence-electron chi connectivity index (χ1n) is 5.93. The number of fused-ring (bicyclic) bond motifs is 1. The highest BCUT2D eigenvalue weighted by Gasteiger charge is 2.46. The first-order valence-corrected chi connectivity index (χ1v) is 7.43. The summed E-state index contributed by atoms with van der Waals surface area (Å²) in [6, 6.07) is 5.40. The van der Waals surface area contributed by atoms with Crippen LogP contribution in [0.2, 0.25) is 0 Å². The zero-order valence-corrected chi connectivity index (χ0v) is 11.6. The van der Waals surface area contributed by atoms with Gasteiger partial charge in [0.2, 0.25) is 6.79 Å². The van der Waals surface area contributed by atoms with Gasteiger partial charge in [-0.15, -0.1) is 0 Å². The fourth-order valence-corrected chi connectivity index (χ4v) is 3.49. The van der Waals surface area contributed by atoms with E-state index in [-0.39, 0.29) is 13.4 Å². The van der Waals surface area contributed by atoms with Crippen molar-refractivity contribution in [2.45, 2.75) is 20.0 Å². The van der Waals surface area contributed by atoms with E-state index in [1.54, 1.807) is 12.1 Å². The van der Waals surface area contributed by atoms with Crippen molar-refractivity contribution in [1.29, 1.82) is 0 Å². The van der Waals surface area contributed by atoms with E-state index in [0.717, 1.165) is 0 Å². The second kappa shape index (κ2) is 4.21. The van der Waals surface area contributed by atoms with Crippen molar-refractivity contribution in [1.82, 2.24) is 0 Å². The molecule has 104 valence electrons. The molecule has 0 aromatic heterocycles. The van der Waals surface area contributed by atoms with Gasteiger partial charge in [0.05, 0.1) is 6.61 Å². The number of rotatable bonds is 1. The van der Waals surface area contributed by atoms with Gasteiger partial charge in [-0.25, -0.2) is 4.57 Å². The molecule has 1 saturated heterocycles. The van der Waals surface area contributed by atoms with Gasteiger partial charge in [0.15, 0.2) is 11.5 Å². The minimum absolute atomic E-state index is 0.135. The Balaban J connectivity index is 2.05. The highest BCUT2D eigenvalue weighted by molar-refractivity contribution is 7.47. The van der Waals surface area contributed by atoms with Gasteiger partial charge >= 0.3 is 7.82 Å². The Labute approximate surface area is 110 Å². The maximum Gasteiger partial charge on any atom is 0.472 e. The molecule has 1 aromatic carbocycles. The smallest absolute Gasteiger partial charge is 0.454 e. The SMILES string of the molecule is CC1(C)COP(=O)(O)O[C@H]1c1cccc2c1OCO2. The van der Waals surface area contributed by atoms with Crippen LogP contribution in [-0.2, 0) is 13.6 Å². The highest BCUT2D eigenvalue weighted by Crippen LogP contribution is 2.59. The number of benzene rings is 1. The van der Waals surface area contributed by atoms with Crippen LogP contribution in [0.4, 0.5) is 0 Å². The van der Waals surface area contributed by atoms with E-state index in [0.29, 0.717) is 17.1 Å². The molecule has 3 rings (SSSR count). The molecule has 6 nitrogen and oxygen atoms in total. The first kappa shape index (κ1) is 12.9. The van der Waals surface area contributed by atoms with Crippen molar-refractivity contribution in [3.05, 3.63) is 23.8 Å². The Kier molecular flexibility index (Phi) is 2.87. The van der Waals surface area contributed by atoms with E-state index < -0.39 is 19.3 Å². The molecule has 0 spiro atoms. The zero-order chi connectivity index (χ0) is 13.7. The molecule has 0 aliphatic carbocycles. The Morgan fingerprint density at radius 2 is 2.16 bits per heavy atom. The number of hydrogen-bond acceptors (Lipinski definition) is 5.